The lowest BCUT2D eigenvalue weighted by molar-refractivity contribution is -0.112. The molecule has 1 aliphatic rings. The highest BCUT2D eigenvalue weighted by Crippen LogP contribution is 2.24. The van der Waals surface area contributed by atoms with Crippen molar-refractivity contribution < 1.29 is 9.59 Å². The lowest BCUT2D eigenvalue weighted by atomic mass is 10.1. The SMILES string of the molecule is O=C1Nc2ccc(S)cc2C1=O. The summed E-state index contributed by atoms with van der Waals surface area (Å²) in [6.07, 6.45) is 0. The van der Waals surface area contributed by atoms with Crippen LogP contribution in [0.4, 0.5) is 5.69 Å². The largest absolute Gasteiger partial charge is 0.318 e. The van der Waals surface area contributed by atoms with Gasteiger partial charge in [-0.25, -0.2) is 0 Å². The number of anilines is 1. The van der Waals surface area contributed by atoms with Crippen molar-refractivity contribution in [1.29, 1.82) is 0 Å². The Morgan fingerprint density at radius 1 is 1.25 bits per heavy atom. The summed E-state index contributed by atoms with van der Waals surface area (Å²) in [4.78, 5) is 22.6. The molecule has 0 spiro atoms. The number of nitrogens with one attached hydrogen (secondary N) is 1. The maximum absolute atomic E-state index is 11.1. The molecule has 0 bridgehead atoms. The molecule has 0 aromatic heterocycles. The normalized spacial score (nSPS) is 14.4. The fraction of sp³-hybridized carbons (Fsp3) is 0. The first-order valence-corrected chi connectivity index (χ1v) is 3.82. The fourth-order valence-electron chi connectivity index (χ4n) is 1.13. The topological polar surface area (TPSA) is 46.2 Å². The number of Topliss-reactive ketones (excluding diaryl/α,β-unsaturated/α-hetero) is 1. The van der Waals surface area contributed by atoms with Crippen LogP contribution in [0.25, 0.3) is 0 Å². The van der Waals surface area contributed by atoms with Crippen molar-refractivity contribution >= 4 is 30.0 Å². The first-order valence-electron chi connectivity index (χ1n) is 3.37. The average Bonchev–Trinajstić information content (AvgIpc) is 2.31. The number of rotatable bonds is 0. The number of benzene rings is 1. The molecule has 3 nitrogen and oxygen atoms in total. The minimum absolute atomic E-state index is 0.410. The molecular formula is C8H5NO2S. The molecule has 1 heterocycles. The number of amides is 1. The third-order valence-electron chi connectivity index (χ3n) is 1.70. The minimum Gasteiger partial charge on any atom is -0.318 e. The molecule has 0 unspecified atom stereocenters. The Labute approximate surface area is 74.2 Å². The monoisotopic (exact) mass is 179 g/mol. The van der Waals surface area contributed by atoms with E-state index in [0.717, 1.165) is 0 Å². The highest BCUT2D eigenvalue weighted by molar-refractivity contribution is 7.80. The predicted molar refractivity (Wildman–Crippen MR) is 46.7 cm³/mol. The molecule has 1 amide bonds. The van der Waals surface area contributed by atoms with E-state index in [9.17, 15) is 9.59 Å². The van der Waals surface area contributed by atoms with Crippen molar-refractivity contribution in [2.45, 2.75) is 4.90 Å². The van der Waals surface area contributed by atoms with Crippen LogP contribution in [0.1, 0.15) is 10.4 Å². The summed E-state index contributed by atoms with van der Waals surface area (Å²) < 4.78 is 0. The summed E-state index contributed by atoms with van der Waals surface area (Å²) in [7, 11) is 0. The predicted octanol–water partition coefficient (Wildman–Crippen LogP) is 1.11. The van der Waals surface area contributed by atoms with E-state index in [-0.39, 0.29) is 0 Å². The molecule has 1 aromatic rings. The van der Waals surface area contributed by atoms with Crippen molar-refractivity contribution in [3.8, 4) is 0 Å². The Kier molecular flexibility index (Phi) is 1.44. The van der Waals surface area contributed by atoms with Gasteiger partial charge in [0, 0.05) is 4.90 Å². The number of carbonyl (C=O) groups excluding carboxylic acids is 2. The van der Waals surface area contributed by atoms with Crippen molar-refractivity contribution in [2.75, 3.05) is 5.32 Å². The fourth-order valence-corrected chi connectivity index (χ4v) is 1.33. The number of hydrogen-bond donors (Lipinski definition) is 2. The molecule has 1 N–H and O–H groups in total. The zero-order chi connectivity index (χ0) is 8.72. The van der Waals surface area contributed by atoms with E-state index in [0.29, 0.717) is 16.1 Å². The van der Waals surface area contributed by atoms with E-state index in [1.807, 2.05) is 0 Å². The molecule has 0 saturated heterocycles. The van der Waals surface area contributed by atoms with Crippen LogP contribution in [0.2, 0.25) is 0 Å². The van der Waals surface area contributed by atoms with Gasteiger partial charge >= 0.3 is 0 Å². The second-order valence-corrected chi connectivity index (χ2v) is 3.03. The Bertz CT molecular complexity index is 387. The third-order valence-corrected chi connectivity index (χ3v) is 1.98. The zero-order valence-electron chi connectivity index (χ0n) is 6.00. The summed E-state index contributed by atoms with van der Waals surface area (Å²) >= 11 is 4.06. The number of fused-ring (bicyclic) bond motifs is 1. The molecule has 2 rings (SSSR count). The molecule has 0 aliphatic carbocycles. The second-order valence-electron chi connectivity index (χ2n) is 2.51. The minimum atomic E-state index is -0.566. The van der Waals surface area contributed by atoms with Crippen LogP contribution in [0, 0.1) is 0 Å². The highest BCUT2D eigenvalue weighted by atomic mass is 32.1. The number of carbonyl (C=O) groups is 2. The molecule has 1 aromatic carbocycles. The smallest absolute Gasteiger partial charge is 0.296 e. The quantitative estimate of drug-likeness (QED) is 0.463. The average molecular weight is 179 g/mol. The Morgan fingerprint density at radius 3 is 2.75 bits per heavy atom. The summed E-state index contributed by atoms with van der Waals surface area (Å²) in [6.45, 7) is 0. The summed E-state index contributed by atoms with van der Waals surface area (Å²) in [5.74, 6) is -1.05. The van der Waals surface area contributed by atoms with Crippen LogP contribution in [0.3, 0.4) is 0 Å². The van der Waals surface area contributed by atoms with Crippen molar-refractivity contribution in [3.63, 3.8) is 0 Å². The van der Waals surface area contributed by atoms with Crippen LogP contribution in [-0.4, -0.2) is 11.7 Å². The molecule has 60 valence electrons. The maximum atomic E-state index is 11.1. The summed E-state index contributed by atoms with van der Waals surface area (Å²) in [5, 5.41) is 2.45. The van der Waals surface area contributed by atoms with E-state index in [1.165, 1.54) is 0 Å². The lowest BCUT2D eigenvalue weighted by Gasteiger charge is -1.95. The van der Waals surface area contributed by atoms with Gasteiger partial charge in [-0.2, -0.15) is 0 Å². The van der Waals surface area contributed by atoms with Crippen LogP contribution >= 0.6 is 12.6 Å². The maximum Gasteiger partial charge on any atom is 0.296 e. The first-order chi connectivity index (χ1) is 5.68. The number of thiol groups is 1. The van der Waals surface area contributed by atoms with Crippen molar-refractivity contribution in [3.05, 3.63) is 23.8 Å². The van der Waals surface area contributed by atoms with Gasteiger partial charge in [0.05, 0.1) is 11.3 Å². The number of hydrogen-bond acceptors (Lipinski definition) is 3. The Morgan fingerprint density at radius 2 is 2.00 bits per heavy atom. The number of ketones is 1. The summed E-state index contributed by atoms with van der Waals surface area (Å²) in [6, 6.07) is 4.97. The molecule has 1 aliphatic heterocycles. The third kappa shape index (κ3) is 0.921. The van der Waals surface area contributed by atoms with Gasteiger partial charge in [0.1, 0.15) is 0 Å². The van der Waals surface area contributed by atoms with Gasteiger partial charge in [0.25, 0.3) is 11.7 Å². The van der Waals surface area contributed by atoms with Gasteiger partial charge in [0.2, 0.25) is 0 Å². The molecule has 0 radical (unpaired) electrons. The van der Waals surface area contributed by atoms with Crippen molar-refractivity contribution in [2.24, 2.45) is 0 Å². The zero-order valence-corrected chi connectivity index (χ0v) is 6.89. The van der Waals surface area contributed by atoms with Gasteiger partial charge in [-0.3, -0.25) is 9.59 Å². The van der Waals surface area contributed by atoms with E-state index >= 15 is 0 Å². The van der Waals surface area contributed by atoms with E-state index < -0.39 is 11.7 Å². The first kappa shape index (κ1) is 7.36. The van der Waals surface area contributed by atoms with E-state index in [4.69, 9.17) is 0 Å². The van der Waals surface area contributed by atoms with Gasteiger partial charge in [-0.1, -0.05) is 0 Å². The van der Waals surface area contributed by atoms with Gasteiger partial charge in [0.15, 0.2) is 0 Å². The molecule has 0 atom stereocenters. The van der Waals surface area contributed by atoms with Gasteiger partial charge in [-0.15, -0.1) is 12.6 Å². The standard InChI is InChI=1S/C8H5NO2S/c10-7-5-3-4(12)1-2-6(5)9-8(7)11/h1-3,12H,(H,9,10,11). The molecule has 0 fully saturated rings. The molecular weight excluding hydrogens is 174 g/mol. The highest BCUT2D eigenvalue weighted by Gasteiger charge is 2.27. The van der Waals surface area contributed by atoms with Gasteiger partial charge < -0.3 is 5.32 Å². The lowest BCUT2D eigenvalue weighted by Crippen LogP contribution is -2.12. The Hall–Kier alpha value is -1.29. The van der Waals surface area contributed by atoms with Crippen LogP contribution < -0.4 is 5.32 Å². The van der Waals surface area contributed by atoms with Crippen LogP contribution in [0.15, 0.2) is 23.1 Å². The molecule has 12 heavy (non-hydrogen) atoms. The second kappa shape index (κ2) is 2.35. The van der Waals surface area contributed by atoms with Crippen LogP contribution in [-0.2, 0) is 4.79 Å². The van der Waals surface area contributed by atoms with Gasteiger partial charge in [-0.05, 0) is 18.2 Å². The Balaban J connectivity index is 2.63. The van der Waals surface area contributed by atoms with E-state index in [1.54, 1.807) is 18.2 Å². The van der Waals surface area contributed by atoms with Crippen LogP contribution in [0.5, 0.6) is 0 Å². The van der Waals surface area contributed by atoms with Crippen molar-refractivity contribution in [1.82, 2.24) is 0 Å². The molecule has 4 heteroatoms. The van der Waals surface area contributed by atoms with E-state index in [2.05, 4.69) is 17.9 Å². The molecule has 0 saturated carbocycles. The summed E-state index contributed by atoms with van der Waals surface area (Å²) in [5.41, 5.74) is 0.982.